The van der Waals surface area contributed by atoms with E-state index in [9.17, 15) is 5.11 Å². The fourth-order valence-corrected chi connectivity index (χ4v) is 6.49. The summed E-state index contributed by atoms with van der Waals surface area (Å²) in [6, 6.07) is 1.33. The van der Waals surface area contributed by atoms with Gasteiger partial charge in [0.1, 0.15) is 6.61 Å². The molecule has 106 valence electrons. The van der Waals surface area contributed by atoms with Crippen LogP contribution >= 0.6 is 7.49 Å². The molecule has 0 amide bonds. The molecule has 0 aromatic heterocycles. The van der Waals surface area contributed by atoms with E-state index in [0.717, 1.165) is 0 Å². The van der Waals surface area contributed by atoms with Gasteiger partial charge in [-0.25, -0.2) is 4.52 Å². The summed E-state index contributed by atoms with van der Waals surface area (Å²) in [6.45, 7) is 8.00. The van der Waals surface area contributed by atoms with Gasteiger partial charge in [0.2, 0.25) is 5.85 Å². The van der Waals surface area contributed by atoms with Gasteiger partial charge in [-0.05, 0) is 27.7 Å². The SMILES string of the molecule is CC(C)[P+](OCCC#N)(C(C)C)[C@H](O)[C@@H](N)CO. The van der Waals surface area contributed by atoms with Crippen LogP contribution in [0.2, 0.25) is 0 Å². The van der Waals surface area contributed by atoms with E-state index in [1.807, 2.05) is 33.8 Å². The Labute approximate surface area is 110 Å². The summed E-state index contributed by atoms with van der Waals surface area (Å²) in [7, 11) is -2.21. The number of hydrogen-bond acceptors (Lipinski definition) is 5. The minimum absolute atomic E-state index is 0.129. The van der Waals surface area contributed by atoms with Gasteiger partial charge in [0.25, 0.3) is 0 Å². The first kappa shape index (κ1) is 17.8. The maximum absolute atomic E-state index is 10.4. The Morgan fingerprint density at radius 1 is 1.28 bits per heavy atom. The molecule has 0 aliphatic carbocycles. The topological polar surface area (TPSA) is 99.5 Å². The Bertz CT molecular complexity index is 271. The molecule has 0 spiro atoms. The zero-order chi connectivity index (χ0) is 14.3. The van der Waals surface area contributed by atoms with Crippen LogP contribution in [0, 0.1) is 11.3 Å². The van der Waals surface area contributed by atoms with Crippen LogP contribution in [0.1, 0.15) is 34.1 Å². The number of nitrogens with zero attached hydrogens (tertiary/aromatic N) is 1. The van der Waals surface area contributed by atoms with Crippen LogP contribution in [0.3, 0.4) is 0 Å². The van der Waals surface area contributed by atoms with E-state index in [1.165, 1.54) is 0 Å². The predicted molar refractivity (Wildman–Crippen MR) is 74.4 cm³/mol. The molecule has 0 fully saturated rings. The van der Waals surface area contributed by atoms with Gasteiger partial charge in [-0.3, -0.25) is 0 Å². The van der Waals surface area contributed by atoms with E-state index in [0.29, 0.717) is 13.0 Å². The number of aliphatic hydroxyl groups is 2. The molecule has 0 bridgehead atoms. The fraction of sp³-hybridized carbons (Fsp3) is 0.917. The molecule has 18 heavy (non-hydrogen) atoms. The molecule has 6 heteroatoms. The Morgan fingerprint density at radius 3 is 2.11 bits per heavy atom. The summed E-state index contributed by atoms with van der Waals surface area (Å²) >= 11 is 0. The highest BCUT2D eigenvalue weighted by Gasteiger charge is 2.55. The maximum Gasteiger partial charge on any atom is 0.209 e. The van der Waals surface area contributed by atoms with Gasteiger partial charge in [0.15, 0.2) is 7.49 Å². The third kappa shape index (κ3) is 3.88. The number of nitrogens with two attached hydrogens (primary N) is 1. The second-order valence-corrected chi connectivity index (χ2v) is 9.33. The molecule has 0 saturated carbocycles. The van der Waals surface area contributed by atoms with Crippen molar-refractivity contribution in [3.63, 3.8) is 0 Å². The first-order valence-corrected chi connectivity index (χ1v) is 8.20. The van der Waals surface area contributed by atoms with Crippen molar-refractivity contribution in [3.8, 4) is 6.07 Å². The van der Waals surface area contributed by atoms with Crippen molar-refractivity contribution in [1.82, 2.24) is 0 Å². The minimum atomic E-state index is -2.21. The van der Waals surface area contributed by atoms with E-state index in [1.54, 1.807) is 0 Å². The second-order valence-electron chi connectivity index (χ2n) is 4.95. The fourth-order valence-electron chi connectivity index (χ4n) is 2.22. The first-order chi connectivity index (χ1) is 8.34. The number of aliphatic hydroxyl groups excluding tert-OH is 2. The lowest BCUT2D eigenvalue weighted by Crippen LogP contribution is -2.44. The average Bonchev–Trinajstić information content (AvgIpc) is 2.32. The molecule has 0 heterocycles. The first-order valence-electron chi connectivity index (χ1n) is 6.28. The lowest BCUT2D eigenvalue weighted by molar-refractivity contribution is 0.148. The summed E-state index contributed by atoms with van der Waals surface area (Å²) in [5.41, 5.74) is 6.02. The summed E-state index contributed by atoms with van der Waals surface area (Å²) in [5, 5.41) is 28.1. The van der Waals surface area contributed by atoms with Crippen molar-refractivity contribution in [2.75, 3.05) is 13.2 Å². The van der Waals surface area contributed by atoms with Gasteiger partial charge in [0.05, 0.1) is 36.5 Å². The molecule has 5 nitrogen and oxygen atoms in total. The minimum Gasteiger partial charge on any atom is -0.394 e. The lowest BCUT2D eigenvalue weighted by Gasteiger charge is -2.37. The van der Waals surface area contributed by atoms with Gasteiger partial charge in [-0.2, -0.15) is 5.26 Å². The average molecular weight is 277 g/mol. The molecular weight excluding hydrogens is 251 g/mol. The van der Waals surface area contributed by atoms with Crippen molar-refractivity contribution in [2.24, 2.45) is 5.73 Å². The zero-order valence-electron chi connectivity index (χ0n) is 11.7. The summed E-state index contributed by atoms with van der Waals surface area (Å²) < 4.78 is 5.93. The molecule has 0 rings (SSSR count). The van der Waals surface area contributed by atoms with Crippen LogP contribution < -0.4 is 5.73 Å². The Balaban J connectivity index is 5.16. The standard InChI is InChI=1S/C12H26N2O3P/c1-9(2)18(10(3)4,17-7-5-6-13)12(16)11(14)8-15/h9-12,15-16H,5,7-8,14H2,1-4H3/q+1/t11-,12-/m0/s1. The molecular formula is C12H26N2O3P+. The molecule has 0 radical (unpaired) electrons. The van der Waals surface area contributed by atoms with E-state index in [-0.39, 0.29) is 17.9 Å². The van der Waals surface area contributed by atoms with Crippen molar-refractivity contribution in [1.29, 1.82) is 5.26 Å². The molecule has 2 atom stereocenters. The van der Waals surface area contributed by atoms with Gasteiger partial charge in [-0.1, -0.05) is 0 Å². The quantitative estimate of drug-likeness (QED) is 0.459. The largest absolute Gasteiger partial charge is 0.394 e. The summed E-state index contributed by atoms with van der Waals surface area (Å²) in [5.74, 6) is -0.860. The van der Waals surface area contributed by atoms with Crippen LogP contribution in [0.5, 0.6) is 0 Å². The highest BCUT2D eigenvalue weighted by molar-refractivity contribution is 7.73. The smallest absolute Gasteiger partial charge is 0.209 e. The van der Waals surface area contributed by atoms with Gasteiger partial charge in [0, 0.05) is 0 Å². The second kappa shape index (κ2) is 8.04. The highest BCUT2D eigenvalue weighted by atomic mass is 31.2. The molecule has 0 unspecified atom stereocenters. The third-order valence-corrected chi connectivity index (χ3v) is 8.22. The molecule has 0 aliphatic heterocycles. The Kier molecular flexibility index (Phi) is 7.93. The van der Waals surface area contributed by atoms with E-state index < -0.39 is 19.4 Å². The van der Waals surface area contributed by atoms with Crippen molar-refractivity contribution in [3.05, 3.63) is 0 Å². The van der Waals surface area contributed by atoms with Gasteiger partial charge < -0.3 is 15.9 Å². The summed E-state index contributed by atoms with van der Waals surface area (Å²) in [4.78, 5) is 0. The van der Waals surface area contributed by atoms with E-state index in [4.69, 9.17) is 20.6 Å². The monoisotopic (exact) mass is 277 g/mol. The zero-order valence-corrected chi connectivity index (χ0v) is 12.6. The van der Waals surface area contributed by atoms with Crippen LogP contribution in [0.15, 0.2) is 0 Å². The number of nitriles is 1. The van der Waals surface area contributed by atoms with Crippen molar-refractivity contribution >= 4 is 7.49 Å². The Morgan fingerprint density at radius 2 is 1.78 bits per heavy atom. The maximum atomic E-state index is 10.4. The van der Waals surface area contributed by atoms with Crippen LogP contribution in [0.4, 0.5) is 0 Å². The van der Waals surface area contributed by atoms with Gasteiger partial charge >= 0.3 is 0 Å². The Hall–Kier alpha value is -0.240. The third-order valence-electron chi connectivity index (χ3n) is 3.15. The van der Waals surface area contributed by atoms with Crippen molar-refractivity contribution in [2.45, 2.75) is 57.3 Å². The molecule has 0 aromatic carbocycles. The number of hydrogen-bond donors (Lipinski definition) is 3. The van der Waals surface area contributed by atoms with Gasteiger partial charge in [-0.15, -0.1) is 0 Å². The molecule has 4 N–H and O–H groups in total. The normalized spacial score (nSPS) is 15.8. The molecule has 0 saturated heterocycles. The van der Waals surface area contributed by atoms with Crippen LogP contribution in [0.25, 0.3) is 0 Å². The number of rotatable bonds is 8. The van der Waals surface area contributed by atoms with Crippen LogP contribution in [-0.4, -0.2) is 46.6 Å². The summed E-state index contributed by atoms with van der Waals surface area (Å²) in [6.07, 6.45) is 0.294. The van der Waals surface area contributed by atoms with Crippen LogP contribution in [-0.2, 0) is 4.52 Å². The van der Waals surface area contributed by atoms with Crippen molar-refractivity contribution < 1.29 is 14.7 Å². The van der Waals surface area contributed by atoms with E-state index >= 15 is 0 Å². The predicted octanol–water partition coefficient (Wildman–Crippen LogP) is 1.30. The highest BCUT2D eigenvalue weighted by Crippen LogP contribution is 2.70. The lowest BCUT2D eigenvalue weighted by atomic mass is 10.4. The van der Waals surface area contributed by atoms with E-state index in [2.05, 4.69) is 0 Å². The molecule has 0 aromatic rings. The molecule has 0 aliphatic rings.